The molecule has 0 bridgehead atoms. The van der Waals surface area contributed by atoms with Crippen molar-refractivity contribution in [1.82, 2.24) is 20.2 Å². The first kappa shape index (κ1) is 15.2. The van der Waals surface area contributed by atoms with Gasteiger partial charge in [0.25, 0.3) is 0 Å². The number of carbonyl (C=O) groups excluding carboxylic acids is 1. The van der Waals surface area contributed by atoms with Crippen molar-refractivity contribution in [2.75, 3.05) is 5.32 Å². The van der Waals surface area contributed by atoms with E-state index in [-0.39, 0.29) is 11.2 Å². The maximum Gasteiger partial charge on any atom is 0.237 e. The fourth-order valence-corrected chi connectivity index (χ4v) is 2.77. The largest absolute Gasteiger partial charge is 0.325 e. The predicted molar refractivity (Wildman–Crippen MR) is 89.5 cm³/mol. The zero-order chi connectivity index (χ0) is 16.1. The van der Waals surface area contributed by atoms with E-state index < -0.39 is 0 Å². The molecule has 0 spiro atoms. The van der Waals surface area contributed by atoms with Gasteiger partial charge >= 0.3 is 0 Å². The van der Waals surface area contributed by atoms with Crippen LogP contribution in [0.5, 0.6) is 0 Å². The summed E-state index contributed by atoms with van der Waals surface area (Å²) in [6.07, 6.45) is 0. The Hall–Kier alpha value is -2.67. The summed E-state index contributed by atoms with van der Waals surface area (Å²) in [7, 11) is 0. The van der Waals surface area contributed by atoms with E-state index in [4.69, 9.17) is 0 Å². The van der Waals surface area contributed by atoms with E-state index in [0.29, 0.717) is 5.16 Å². The number of carbonyl (C=O) groups is 1. The number of para-hydroxylation sites is 2. The van der Waals surface area contributed by atoms with Crippen LogP contribution < -0.4 is 5.32 Å². The lowest BCUT2D eigenvalue weighted by molar-refractivity contribution is -0.115. The molecular formula is C16H15N5OS. The molecule has 0 aliphatic carbocycles. The maximum absolute atomic E-state index is 12.3. The van der Waals surface area contributed by atoms with Crippen molar-refractivity contribution in [2.24, 2.45) is 0 Å². The van der Waals surface area contributed by atoms with Crippen LogP contribution in [0.2, 0.25) is 0 Å². The van der Waals surface area contributed by atoms with Gasteiger partial charge in [-0.1, -0.05) is 48.2 Å². The van der Waals surface area contributed by atoms with E-state index in [2.05, 4.69) is 20.8 Å². The van der Waals surface area contributed by atoms with Crippen molar-refractivity contribution in [2.45, 2.75) is 17.3 Å². The number of hydrogen-bond acceptors (Lipinski definition) is 5. The van der Waals surface area contributed by atoms with Gasteiger partial charge in [0.05, 0.1) is 10.9 Å². The molecule has 7 heteroatoms. The first-order valence-electron chi connectivity index (χ1n) is 7.10. The maximum atomic E-state index is 12.3. The molecule has 1 unspecified atom stereocenters. The van der Waals surface area contributed by atoms with Gasteiger partial charge in [-0.2, -0.15) is 4.68 Å². The zero-order valence-corrected chi connectivity index (χ0v) is 13.3. The molecule has 0 radical (unpaired) electrons. The van der Waals surface area contributed by atoms with Gasteiger partial charge in [0.15, 0.2) is 0 Å². The van der Waals surface area contributed by atoms with Crippen LogP contribution in [0.4, 0.5) is 5.69 Å². The van der Waals surface area contributed by atoms with Gasteiger partial charge in [0.1, 0.15) is 0 Å². The summed E-state index contributed by atoms with van der Waals surface area (Å²) in [6, 6.07) is 18.9. The summed E-state index contributed by atoms with van der Waals surface area (Å²) in [5.41, 5.74) is 1.63. The Kier molecular flexibility index (Phi) is 4.68. The predicted octanol–water partition coefficient (Wildman–Crippen LogP) is 2.78. The second-order valence-corrected chi connectivity index (χ2v) is 6.13. The second-order valence-electron chi connectivity index (χ2n) is 4.82. The van der Waals surface area contributed by atoms with Crippen LogP contribution in [-0.4, -0.2) is 31.4 Å². The zero-order valence-electron chi connectivity index (χ0n) is 12.5. The van der Waals surface area contributed by atoms with Crippen LogP contribution in [0.1, 0.15) is 6.92 Å². The molecule has 1 aromatic heterocycles. The average molecular weight is 325 g/mol. The van der Waals surface area contributed by atoms with Crippen LogP contribution >= 0.6 is 11.8 Å². The number of nitrogens with one attached hydrogen (secondary N) is 1. The Labute approximate surface area is 137 Å². The normalized spacial score (nSPS) is 11.9. The number of rotatable bonds is 5. The molecular weight excluding hydrogens is 310 g/mol. The summed E-state index contributed by atoms with van der Waals surface area (Å²) in [6.45, 7) is 1.83. The third-order valence-corrected chi connectivity index (χ3v) is 4.17. The standard InChI is InChI=1S/C16H15N5OS/c1-12(15(22)17-13-8-4-2-5-9-13)23-16-18-19-20-21(16)14-10-6-3-7-11-14/h2-12H,1H3,(H,17,22). The Bertz CT molecular complexity index is 775. The molecule has 3 aromatic rings. The summed E-state index contributed by atoms with van der Waals surface area (Å²) >= 11 is 1.31. The Morgan fingerprint density at radius 2 is 1.74 bits per heavy atom. The van der Waals surface area contributed by atoms with Crippen molar-refractivity contribution in [3.63, 3.8) is 0 Å². The van der Waals surface area contributed by atoms with Crippen LogP contribution in [0.25, 0.3) is 5.69 Å². The van der Waals surface area contributed by atoms with Gasteiger partial charge in [0, 0.05) is 5.69 Å². The number of aromatic nitrogens is 4. The van der Waals surface area contributed by atoms with Crippen molar-refractivity contribution in [1.29, 1.82) is 0 Å². The third kappa shape index (κ3) is 3.75. The highest BCUT2D eigenvalue weighted by Gasteiger charge is 2.19. The molecule has 1 N–H and O–H groups in total. The SMILES string of the molecule is CC(Sc1nnnn1-c1ccccc1)C(=O)Nc1ccccc1. The van der Waals surface area contributed by atoms with E-state index in [0.717, 1.165) is 11.4 Å². The lowest BCUT2D eigenvalue weighted by Gasteiger charge is -2.11. The van der Waals surface area contributed by atoms with E-state index >= 15 is 0 Å². The van der Waals surface area contributed by atoms with Gasteiger partial charge in [-0.3, -0.25) is 4.79 Å². The second kappa shape index (κ2) is 7.06. The molecule has 1 amide bonds. The molecule has 0 saturated carbocycles. The molecule has 0 fully saturated rings. The van der Waals surface area contributed by atoms with Crippen LogP contribution in [0.3, 0.4) is 0 Å². The van der Waals surface area contributed by atoms with Crippen molar-refractivity contribution < 1.29 is 4.79 Å². The van der Waals surface area contributed by atoms with Crippen LogP contribution in [0, 0.1) is 0 Å². The van der Waals surface area contributed by atoms with Gasteiger partial charge < -0.3 is 5.32 Å². The van der Waals surface area contributed by atoms with E-state index in [9.17, 15) is 4.79 Å². The number of hydrogen-bond donors (Lipinski definition) is 1. The smallest absolute Gasteiger partial charge is 0.237 e. The fourth-order valence-electron chi connectivity index (χ4n) is 1.96. The molecule has 1 heterocycles. The summed E-state index contributed by atoms with van der Waals surface area (Å²) in [4.78, 5) is 12.3. The summed E-state index contributed by atoms with van der Waals surface area (Å²) in [5, 5.41) is 14.8. The Balaban J connectivity index is 1.70. The topological polar surface area (TPSA) is 72.7 Å². The lowest BCUT2D eigenvalue weighted by atomic mass is 10.3. The van der Waals surface area contributed by atoms with Gasteiger partial charge in [0.2, 0.25) is 11.1 Å². The molecule has 0 aliphatic heterocycles. The first-order chi connectivity index (χ1) is 11.2. The van der Waals surface area contributed by atoms with Crippen LogP contribution in [-0.2, 0) is 4.79 Å². The minimum Gasteiger partial charge on any atom is -0.325 e. The first-order valence-corrected chi connectivity index (χ1v) is 7.98. The quantitative estimate of drug-likeness (QED) is 0.730. The molecule has 0 saturated heterocycles. The third-order valence-electron chi connectivity index (χ3n) is 3.13. The highest BCUT2D eigenvalue weighted by molar-refractivity contribution is 8.00. The Morgan fingerprint density at radius 1 is 1.09 bits per heavy atom. The summed E-state index contributed by atoms with van der Waals surface area (Å²) < 4.78 is 1.62. The van der Waals surface area contributed by atoms with E-state index in [1.165, 1.54) is 11.8 Å². The van der Waals surface area contributed by atoms with Gasteiger partial charge in [-0.25, -0.2) is 0 Å². The highest BCUT2D eigenvalue weighted by atomic mass is 32.2. The molecule has 0 aliphatic rings. The number of benzene rings is 2. The van der Waals surface area contributed by atoms with Gasteiger partial charge in [-0.05, 0) is 41.6 Å². The molecule has 2 aromatic carbocycles. The minimum atomic E-state index is -0.330. The number of tetrazole rings is 1. The minimum absolute atomic E-state index is 0.0937. The highest BCUT2D eigenvalue weighted by Crippen LogP contribution is 2.23. The van der Waals surface area contributed by atoms with Crippen molar-refractivity contribution >= 4 is 23.4 Å². The fraction of sp³-hybridized carbons (Fsp3) is 0.125. The monoisotopic (exact) mass is 325 g/mol. The molecule has 1 atom stereocenters. The van der Waals surface area contributed by atoms with E-state index in [1.54, 1.807) is 4.68 Å². The van der Waals surface area contributed by atoms with E-state index in [1.807, 2.05) is 67.6 Å². The number of anilines is 1. The average Bonchev–Trinajstić information content (AvgIpc) is 3.04. The molecule has 116 valence electrons. The lowest BCUT2D eigenvalue weighted by Crippen LogP contribution is -2.22. The van der Waals surface area contributed by atoms with Crippen molar-refractivity contribution in [3.05, 3.63) is 60.7 Å². The van der Waals surface area contributed by atoms with Crippen molar-refractivity contribution in [3.8, 4) is 5.69 Å². The molecule has 3 rings (SSSR count). The number of thioether (sulfide) groups is 1. The van der Waals surface area contributed by atoms with Crippen LogP contribution in [0.15, 0.2) is 65.8 Å². The molecule has 23 heavy (non-hydrogen) atoms. The Morgan fingerprint density at radius 3 is 2.43 bits per heavy atom. The number of nitrogens with zero attached hydrogens (tertiary/aromatic N) is 4. The van der Waals surface area contributed by atoms with Gasteiger partial charge in [-0.15, -0.1) is 5.10 Å². The number of amides is 1. The molecule has 6 nitrogen and oxygen atoms in total. The summed E-state index contributed by atoms with van der Waals surface area (Å²) in [5.74, 6) is -0.0937.